The van der Waals surface area contributed by atoms with Gasteiger partial charge >= 0.3 is 5.97 Å². The summed E-state index contributed by atoms with van der Waals surface area (Å²) in [6, 6.07) is 15.7. The Morgan fingerprint density at radius 2 is 1.52 bits per heavy atom. The van der Waals surface area contributed by atoms with Crippen molar-refractivity contribution in [3.8, 4) is 11.5 Å². The lowest BCUT2D eigenvalue weighted by molar-refractivity contribution is -0.137. The summed E-state index contributed by atoms with van der Waals surface area (Å²) in [6.07, 6.45) is 3.19. The predicted molar refractivity (Wildman–Crippen MR) is 99.1 cm³/mol. The molecule has 0 spiro atoms. The van der Waals surface area contributed by atoms with Gasteiger partial charge in [-0.3, -0.25) is 0 Å². The average molecular weight is 356 g/mol. The lowest BCUT2D eigenvalue weighted by atomic mass is 10.3. The van der Waals surface area contributed by atoms with Crippen LogP contribution in [-0.4, -0.2) is 19.2 Å². The van der Waals surface area contributed by atoms with E-state index in [9.17, 15) is 4.79 Å². The summed E-state index contributed by atoms with van der Waals surface area (Å²) in [7, 11) is 0. The molecule has 0 heterocycles. The molecule has 0 fully saturated rings. The molecule has 0 bridgehead atoms. The minimum atomic E-state index is -0.412. The first-order chi connectivity index (χ1) is 12.2. The van der Waals surface area contributed by atoms with Gasteiger partial charge in [-0.2, -0.15) is 0 Å². The Balaban J connectivity index is 1.76. The monoisotopic (exact) mass is 356 g/mol. The molecule has 0 saturated heterocycles. The van der Waals surface area contributed by atoms with Crippen molar-refractivity contribution in [3.05, 3.63) is 74.0 Å². The van der Waals surface area contributed by atoms with E-state index in [-0.39, 0.29) is 0 Å². The number of carbonyl (C=O) groups excluding carboxylic acids is 1. The second-order valence-electron chi connectivity index (χ2n) is 4.90. The second-order valence-corrected chi connectivity index (χ2v) is 6.05. The van der Waals surface area contributed by atoms with Gasteiger partial charge in [0.15, 0.2) is 0 Å². The summed E-state index contributed by atoms with van der Waals surface area (Å²) in [5.74, 6) is 1.14. The van der Waals surface area contributed by atoms with Gasteiger partial charge < -0.3 is 14.2 Å². The van der Waals surface area contributed by atoms with Crippen molar-refractivity contribution >= 4 is 17.7 Å². The zero-order chi connectivity index (χ0) is 17.9. The lowest BCUT2D eigenvalue weighted by Crippen LogP contribution is -2.06. The van der Waals surface area contributed by atoms with Crippen LogP contribution in [0.4, 0.5) is 0 Å². The fourth-order valence-electron chi connectivity index (χ4n) is 1.90. The van der Waals surface area contributed by atoms with E-state index in [1.807, 2.05) is 48.5 Å². The van der Waals surface area contributed by atoms with Crippen LogP contribution in [0.3, 0.4) is 0 Å². The van der Waals surface area contributed by atoms with Crippen LogP contribution in [0.15, 0.2) is 83.8 Å². The van der Waals surface area contributed by atoms with Crippen molar-refractivity contribution in [1.29, 1.82) is 0 Å². The van der Waals surface area contributed by atoms with Crippen LogP contribution in [-0.2, 0) is 9.53 Å². The van der Waals surface area contributed by atoms with Crippen LogP contribution in [0.25, 0.3) is 0 Å². The maximum Gasteiger partial charge on any atom is 0.330 e. The third kappa shape index (κ3) is 6.77. The van der Waals surface area contributed by atoms with Crippen molar-refractivity contribution in [2.45, 2.75) is 16.2 Å². The van der Waals surface area contributed by atoms with Crippen molar-refractivity contribution in [2.75, 3.05) is 13.2 Å². The molecular formula is C20H20O4S. The Kier molecular flexibility index (Phi) is 7.66. The molecule has 25 heavy (non-hydrogen) atoms. The Bertz CT molecular complexity index is 693. The number of hydrogen-bond donors (Lipinski definition) is 0. The van der Waals surface area contributed by atoms with E-state index in [1.54, 1.807) is 11.8 Å². The molecule has 0 aliphatic rings. The fraction of sp³-hybridized carbons (Fsp3) is 0.150. The van der Waals surface area contributed by atoms with Gasteiger partial charge in [-0.1, -0.05) is 24.9 Å². The first-order valence-corrected chi connectivity index (χ1v) is 8.60. The number of hydrogen-bond acceptors (Lipinski definition) is 5. The summed E-state index contributed by atoms with van der Waals surface area (Å²) in [4.78, 5) is 13.1. The van der Waals surface area contributed by atoms with Gasteiger partial charge in [0.05, 0.1) is 19.5 Å². The van der Waals surface area contributed by atoms with Gasteiger partial charge in [-0.15, -0.1) is 0 Å². The third-order valence-corrected chi connectivity index (χ3v) is 4.09. The molecule has 0 saturated carbocycles. The van der Waals surface area contributed by atoms with Crippen molar-refractivity contribution in [2.24, 2.45) is 0 Å². The molecule has 0 atom stereocenters. The van der Waals surface area contributed by atoms with Gasteiger partial charge in [0.25, 0.3) is 0 Å². The fourth-order valence-corrected chi connectivity index (χ4v) is 2.72. The first-order valence-electron chi connectivity index (χ1n) is 7.79. The zero-order valence-electron chi connectivity index (χ0n) is 13.9. The predicted octanol–water partition coefficient (Wildman–Crippen LogP) is 4.86. The molecule has 0 radical (unpaired) electrons. The van der Waals surface area contributed by atoms with E-state index in [4.69, 9.17) is 14.2 Å². The molecule has 0 aliphatic heterocycles. The van der Waals surface area contributed by atoms with Gasteiger partial charge in [0.1, 0.15) is 11.5 Å². The molecule has 4 nitrogen and oxygen atoms in total. The highest BCUT2D eigenvalue weighted by atomic mass is 32.2. The third-order valence-electron chi connectivity index (χ3n) is 3.07. The summed E-state index contributed by atoms with van der Waals surface area (Å²) in [5.41, 5.74) is 0. The largest absolute Gasteiger partial charge is 0.493 e. The van der Waals surface area contributed by atoms with E-state index < -0.39 is 5.97 Å². The normalized spacial score (nSPS) is 9.92. The van der Waals surface area contributed by atoms with Crippen LogP contribution < -0.4 is 9.47 Å². The van der Waals surface area contributed by atoms with Gasteiger partial charge in [0, 0.05) is 22.3 Å². The molecule has 0 unspecified atom stereocenters. The van der Waals surface area contributed by atoms with Crippen molar-refractivity contribution < 1.29 is 19.0 Å². The minimum absolute atomic E-state index is 0.324. The van der Waals surface area contributed by atoms with Gasteiger partial charge in [-0.25, -0.2) is 4.79 Å². The number of carbonyl (C=O) groups is 1. The molecule has 0 aromatic heterocycles. The number of esters is 1. The molecule has 2 aromatic rings. The van der Waals surface area contributed by atoms with E-state index in [0.29, 0.717) is 19.6 Å². The Morgan fingerprint density at radius 1 is 0.920 bits per heavy atom. The van der Waals surface area contributed by atoms with Crippen LogP contribution in [0.5, 0.6) is 11.5 Å². The molecule has 0 amide bonds. The first kappa shape index (κ1) is 18.7. The van der Waals surface area contributed by atoms with Crippen LogP contribution in [0.1, 0.15) is 6.42 Å². The lowest BCUT2D eigenvalue weighted by Gasteiger charge is -2.08. The summed E-state index contributed by atoms with van der Waals surface area (Å²) < 4.78 is 15.7. The highest BCUT2D eigenvalue weighted by Gasteiger charge is 2.01. The van der Waals surface area contributed by atoms with E-state index >= 15 is 0 Å². The average Bonchev–Trinajstić information content (AvgIpc) is 2.64. The second kappa shape index (κ2) is 10.3. The SMILES string of the molecule is C=COc1ccc(Sc2ccc(OCCCOC(=O)C=C)cc2)cc1. The highest BCUT2D eigenvalue weighted by Crippen LogP contribution is 2.30. The topological polar surface area (TPSA) is 44.8 Å². The Morgan fingerprint density at radius 3 is 2.08 bits per heavy atom. The van der Waals surface area contributed by atoms with Gasteiger partial charge in [0.2, 0.25) is 0 Å². The Labute approximate surface area is 152 Å². The van der Waals surface area contributed by atoms with Crippen LogP contribution in [0.2, 0.25) is 0 Å². The summed E-state index contributed by atoms with van der Waals surface area (Å²) >= 11 is 1.66. The van der Waals surface area contributed by atoms with Crippen LogP contribution >= 0.6 is 11.8 Å². The maximum absolute atomic E-state index is 10.9. The molecule has 0 N–H and O–H groups in total. The highest BCUT2D eigenvalue weighted by molar-refractivity contribution is 7.99. The molecule has 2 rings (SSSR count). The van der Waals surface area contributed by atoms with E-state index in [0.717, 1.165) is 27.4 Å². The van der Waals surface area contributed by atoms with E-state index in [2.05, 4.69) is 13.2 Å². The number of rotatable bonds is 10. The Hall–Kier alpha value is -2.66. The standard InChI is InChI=1S/C20H20O4S/c1-3-20(21)24-15-5-14-23-17-8-12-19(13-9-17)25-18-10-6-16(7-11-18)22-4-2/h3-4,6-13H,1-2,5,14-15H2. The number of ether oxygens (including phenoxy) is 3. The summed E-state index contributed by atoms with van der Waals surface area (Å²) in [6.45, 7) is 7.68. The molecule has 0 aliphatic carbocycles. The van der Waals surface area contributed by atoms with Crippen LogP contribution in [0, 0.1) is 0 Å². The van der Waals surface area contributed by atoms with Crippen molar-refractivity contribution in [1.82, 2.24) is 0 Å². The van der Waals surface area contributed by atoms with E-state index in [1.165, 1.54) is 6.26 Å². The zero-order valence-corrected chi connectivity index (χ0v) is 14.7. The van der Waals surface area contributed by atoms with Crippen molar-refractivity contribution in [3.63, 3.8) is 0 Å². The smallest absolute Gasteiger partial charge is 0.330 e. The molecule has 130 valence electrons. The quantitative estimate of drug-likeness (QED) is 0.263. The summed E-state index contributed by atoms with van der Waals surface area (Å²) in [5, 5.41) is 0. The van der Waals surface area contributed by atoms with Gasteiger partial charge in [-0.05, 0) is 48.5 Å². The number of benzene rings is 2. The molecule has 5 heteroatoms. The molecular weight excluding hydrogens is 336 g/mol. The maximum atomic E-state index is 10.9. The molecule has 2 aromatic carbocycles. The minimum Gasteiger partial charge on any atom is -0.493 e.